The first-order valence-corrected chi connectivity index (χ1v) is 11.1. The van der Waals surface area contributed by atoms with Crippen LogP contribution in [0.25, 0.3) is 0 Å². The van der Waals surface area contributed by atoms with Gasteiger partial charge in [-0.1, -0.05) is 0 Å². The molecule has 0 aliphatic heterocycles. The predicted molar refractivity (Wildman–Crippen MR) is 119 cm³/mol. The predicted octanol–water partition coefficient (Wildman–Crippen LogP) is 6.09. The molecule has 0 radical (unpaired) electrons. The molecule has 1 aliphatic carbocycles. The molecule has 182 valence electrons. The number of alkyl halides is 3. The number of ether oxygens (including phenoxy) is 1. The summed E-state index contributed by atoms with van der Waals surface area (Å²) in [6.07, 6.45) is -0.507. The van der Waals surface area contributed by atoms with Gasteiger partial charge in [0.2, 0.25) is 5.88 Å². The zero-order chi connectivity index (χ0) is 25.3. The summed E-state index contributed by atoms with van der Waals surface area (Å²) in [6, 6.07) is 5.88. The molecule has 2 aromatic heterocycles. The molecule has 1 N–H and O–H groups in total. The summed E-state index contributed by atoms with van der Waals surface area (Å²) >= 11 is 3.22. The number of carboxylic acids is 1. The van der Waals surface area contributed by atoms with Crippen molar-refractivity contribution in [3.63, 3.8) is 0 Å². The first-order chi connectivity index (χ1) is 16.6. The third kappa shape index (κ3) is 5.11. The highest BCUT2D eigenvalue weighted by Crippen LogP contribution is 2.40. The van der Waals surface area contributed by atoms with Crippen LogP contribution in [0.3, 0.4) is 0 Å². The fraction of sp³-hybridized carbons (Fsp3) is 0.217. The quantitative estimate of drug-likeness (QED) is 0.371. The van der Waals surface area contributed by atoms with Gasteiger partial charge in [-0.2, -0.15) is 13.2 Å². The molecule has 0 unspecified atom stereocenters. The van der Waals surface area contributed by atoms with Crippen molar-refractivity contribution in [1.29, 1.82) is 0 Å². The minimum atomic E-state index is -4.83. The average molecular weight is 554 g/mol. The van der Waals surface area contributed by atoms with Crippen molar-refractivity contribution in [2.24, 2.45) is 0 Å². The summed E-state index contributed by atoms with van der Waals surface area (Å²) in [5.74, 6) is -5.04. The highest BCUT2D eigenvalue weighted by Gasteiger charge is 2.37. The smallest absolute Gasteiger partial charge is 0.421 e. The number of carbonyl (C=O) groups is 2. The van der Waals surface area contributed by atoms with Crippen LogP contribution in [-0.4, -0.2) is 33.0 Å². The summed E-state index contributed by atoms with van der Waals surface area (Å²) in [5.41, 5.74) is -2.02. The monoisotopic (exact) mass is 553 g/mol. The lowest BCUT2D eigenvalue weighted by Crippen LogP contribution is -2.45. The van der Waals surface area contributed by atoms with Crippen LogP contribution in [0.4, 0.5) is 23.2 Å². The highest BCUT2D eigenvalue weighted by atomic mass is 79.9. The minimum Gasteiger partial charge on any atom is -0.478 e. The molecule has 7 nitrogen and oxygen atoms in total. The van der Waals surface area contributed by atoms with Crippen LogP contribution < -0.4 is 9.64 Å². The Morgan fingerprint density at radius 2 is 1.89 bits per heavy atom. The molecule has 35 heavy (non-hydrogen) atoms. The van der Waals surface area contributed by atoms with E-state index in [0.29, 0.717) is 23.4 Å². The Morgan fingerprint density at radius 1 is 1.14 bits per heavy atom. The Bertz CT molecular complexity index is 1280. The minimum absolute atomic E-state index is 0.0143. The van der Waals surface area contributed by atoms with Crippen molar-refractivity contribution >= 4 is 33.5 Å². The van der Waals surface area contributed by atoms with Crippen molar-refractivity contribution < 1.29 is 37.0 Å². The molecule has 1 aromatic carbocycles. The first-order valence-electron chi connectivity index (χ1n) is 10.3. The molecule has 1 saturated carbocycles. The van der Waals surface area contributed by atoms with Crippen LogP contribution >= 0.6 is 15.9 Å². The van der Waals surface area contributed by atoms with E-state index in [-0.39, 0.29) is 11.4 Å². The highest BCUT2D eigenvalue weighted by molar-refractivity contribution is 9.10. The third-order valence-corrected chi connectivity index (χ3v) is 5.90. The molecule has 0 spiro atoms. The van der Waals surface area contributed by atoms with Crippen LogP contribution in [0.5, 0.6) is 11.6 Å². The van der Waals surface area contributed by atoms with Gasteiger partial charge in [-0.15, -0.1) is 0 Å². The molecular weight excluding hydrogens is 538 g/mol. The topological polar surface area (TPSA) is 92.6 Å². The lowest BCUT2D eigenvalue weighted by molar-refractivity contribution is -0.138. The SMILES string of the molecule is O=C(O)c1cc(Oc2ncccc2C(F)(F)F)c(F)cc1N(C(=O)c1ccc(Br)cn1)C1CCC1. The second-order valence-electron chi connectivity index (χ2n) is 7.68. The zero-order valence-corrected chi connectivity index (χ0v) is 19.3. The van der Waals surface area contributed by atoms with Gasteiger partial charge < -0.3 is 14.7 Å². The van der Waals surface area contributed by atoms with Crippen LogP contribution in [-0.2, 0) is 6.18 Å². The maximum Gasteiger partial charge on any atom is 0.421 e. The zero-order valence-electron chi connectivity index (χ0n) is 17.7. The maximum atomic E-state index is 15.1. The molecule has 3 aromatic rings. The van der Waals surface area contributed by atoms with Crippen LogP contribution in [0, 0.1) is 5.82 Å². The molecule has 1 amide bonds. The van der Waals surface area contributed by atoms with Crippen molar-refractivity contribution in [2.75, 3.05) is 4.90 Å². The van der Waals surface area contributed by atoms with E-state index in [0.717, 1.165) is 35.7 Å². The van der Waals surface area contributed by atoms with E-state index in [1.54, 1.807) is 6.07 Å². The normalized spacial score (nSPS) is 13.7. The van der Waals surface area contributed by atoms with Gasteiger partial charge in [0.1, 0.15) is 11.3 Å². The number of nitrogens with zero attached hydrogens (tertiary/aromatic N) is 3. The summed E-state index contributed by atoms with van der Waals surface area (Å²) in [4.78, 5) is 34.1. The largest absolute Gasteiger partial charge is 0.478 e. The number of anilines is 1. The maximum absolute atomic E-state index is 15.1. The van der Waals surface area contributed by atoms with Crippen LogP contribution in [0.15, 0.2) is 53.3 Å². The molecule has 4 rings (SSSR count). The number of pyridine rings is 2. The molecule has 1 fully saturated rings. The van der Waals surface area contributed by atoms with Crippen LogP contribution in [0.2, 0.25) is 0 Å². The van der Waals surface area contributed by atoms with Crippen LogP contribution in [0.1, 0.15) is 45.7 Å². The molecule has 0 saturated heterocycles. The molecule has 0 bridgehead atoms. The second kappa shape index (κ2) is 9.61. The fourth-order valence-corrected chi connectivity index (χ4v) is 3.76. The Balaban J connectivity index is 1.78. The van der Waals surface area contributed by atoms with Gasteiger partial charge in [0.05, 0.1) is 11.3 Å². The second-order valence-corrected chi connectivity index (χ2v) is 8.60. The van der Waals surface area contributed by atoms with Gasteiger partial charge in [0.15, 0.2) is 11.6 Å². The van der Waals surface area contributed by atoms with E-state index in [1.807, 2.05) is 0 Å². The van der Waals surface area contributed by atoms with Crippen molar-refractivity contribution in [1.82, 2.24) is 9.97 Å². The molecule has 12 heteroatoms. The molecule has 2 heterocycles. The molecular formula is C23H16BrF4N3O4. The van der Waals surface area contributed by atoms with Gasteiger partial charge in [0, 0.05) is 35.0 Å². The van der Waals surface area contributed by atoms with E-state index >= 15 is 4.39 Å². The lowest BCUT2D eigenvalue weighted by atomic mass is 9.90. The molecule has 0 atom stereocenters. The number of aromatic carboxylic acids is 1. The standard InChI is InChI=1S/C23H16BrF4N3O4/c24-12-6-7-17(30-11-12)21(32)31(13-3-1-4-13)18-10-16(25)19(9-14(18)22(33)34)35-20-15(23(26,27)28)5-2-8-29-20/h2,5-11,13H,1,3-4H2,(H,33,34). The summed E-state index contributed by atoms with van der Waals surface area (Å²) < 4.78 is 60.6. The van der Waals surface area contributed by atoms with E-state index in [1.165, 1.54) is 12.3 Å². The third-order valence-electron chi connectivity index (χ3n) is 5.43. The van der Waals surface area contributed by atoms with Gasteiger partial charge in [0.25, 0.3) is 5.91 Å². The molecule has 1 aliphatic rings. The number of carbonyl (C=O) groups excluding carboxylic acids is 1. The Morgan fingerprint density at radius 3 is 2.46 bits per heavy atom. The number of amides is 1. The number of benzene rings is 1. The summed E-state index contributed by atoms with van der Waals surface area (Å²) in [6.45, 7) is 0. The van der Waals surface area contributed by atoms with E-state index in [2.05, 4.69) is 25.9 Å². The van der Waals surface area contributed by atoms with Crippen molar-refractivity contribution in [3.05, 3.63) is 75.9 Å². The van der Waals surface area contributed by atoms with E-state index in [9.17, 15) is 27.9 Å². The number of aromatic nitrogens is 2. The van der Waals surface area contributed by atoms with Gasteiger partial charge in [-0.25, -0.2) is 19.2 Å². The Hall–Kier alpha value is -3.54. The van der Waals surface area contributed by atoms with E-state index < -0.39 is 52.7 Å². The number of halogens is 5. The van der Waals surface area contributed by atoms with Crippen molar-refractivity contribution in [3.8, 4) is 11.6 Å². The fourth-order valence-electron chi connectivity index (χ4n) is 3.53. The number of rotatable bonds is 6. The van der Waals surface area contributed by atoms with Gasteiger partial charge in [-0.3, -0.25) is 4.79 Å². The number of carboxylic acid groups (broad SMARTS) is 1. The Kier molecular flexibility index (Phi) is 6.75. The first kappa shape index (κ1) is 24.6. The summed E-state index contributed by atoms with van der Waals surface area (Å²) in [5, 5.41) is 9.81. The van der Waals surface area contributed by atoms with Crippen molar-refractivity contribution in [2.45, 2.75) is 31.5 Å². The lowest BCUT2D eigenvalue weighted by Gasteiger charge is -2.38. The van der Waals surface area contributed by atoms with Gasteiger partial charge in [-0.05, 0) is 59.5 Å². The number of hydrogen-bond donors (Lipinski definition) is 1. The van der Waals surface area contributed by atoms with Gasteiger partial charge >= 0.3 is 12.1 Å². The van der Waals surface area contributed by atoms with E-state index in [4.69, 9.17) is 4.74 Å². The number of hydrogen-bond acceptors (Lipinski definition) is 5. The Labute approximate surface area is 204 Å². The summed E-state index contributed by atoms with van der Waals surface area (Å²) in [7, 11) is 0. The average Bonchev–Trinajstić information content (AvgIpc) is 2.77.